The number of hydrogen-bond acceptors (Lipinski definition) is 3. The molecule has 1 aromatic carbocycles. The number of ether oxygens (including phenoxy) is 1. The van der Waals surface area contributed by atoms with E-state index in [4.69, 9.17) is 10.5 Å². The first-order valence-corrected chi connectivity index (χ1v) is 6.12. The van der Waals surface area contributed by atoms with Crippen LogP contribution in [0.2, 0.25) is 0 Å². The van der Waals surface area contributed by atoms with Crippen LogP contribution in [0, 0.1) is 11.3 Å². The molecule has 1 aromatic rings. The van der Waals surface area contributed by atoms with Crippen LogP contribution in [0.15, 0.2) is 24.3 Å². The van der Waals surface area contributed by atoms with E-state index in [1.165, 1.54) is 5.69 Å². The third kappa shape index (κ3) is 2.55. The first kappa shape index (κ1) is 12.2. The highest BCUT2D eigenvalue weighted by molar-refractivity contribution is 5.54. The predicted octanol–water partition coefficient (Wildman–Crippen LogP) is 2.38. The summed E-state index contributed by atoms with van der Waals surface area (Å²) in [6.45, 7) is 7.59. The molecule has 1 saturated heterocycles. The fourth-order valence-electron chi connectivity index (χ4n) is 2.56. The molecular weight excluding hydrogens is 212 g/mol. The van der Waals surface area contributed by atoms with Crippen LogP contribution < -0.4 is 10.6 Å². The fraction of sp³-hybridized carbons (Fsp3) is 0.571. The Morgan fingerprint density at radius 3 is 2.59 bits per heavy atom. The number of methoxy groups -OCH3 is 1. The maximum Gasteiger partial charge on any atom is 0.0513 e. The predicted molar refractivity (Wildman–Crippen MR) is 72.2 cm³/mol. The standard InChI is InChI=1S/C14H22N2O/c1-14(2)10-16(8-11(14)9-17-3)13-6-4-12(15)5-7-13/h4-7,11H,8-10,15H2,1-3H3/t11-/m0/s1. The SMILES string of the molecule is COC[C@@H]1CN(c2ccc(N)cc2)CC1(C)C. The lowest BCUT2D eigenvalue weighted by Crippen LogP contribution is -2.25. The molecule has 1 heterocycles. The normalized spacial score (nSPS) is 23.0. The van der Waals surface area contributed by atoms with Crippen molar-refractivity contribution in [3.05, 3.63) is 24.3 Å². The highest BCUT2D eigenvalue weighted by Crippen LogP contribution is 2.37. The number of hydrogen-bond donors (Lipinski definition) is 1. The number of nitrogens with two attached hydrogens (primary N) is 1. The highest BCUT2D eigenvalue weighted by Gasteiger charge is 2.39. The van der Waals surface area contributed by atoms with E-state index >= 15 is 0 Å². The second-order valence-corrected chi connectivity index (χ2v) is 5.61. The van der Waals surface area contributed by atoms with E-state index in [0.717, 1.165) is 25.4 Å². The van der Waals surface area contributed by atoms with Gasteiger partial charge in [0.05, 0.1) is 6.61 Å². The second-order valence-electron chi connectivity index (χ2n) is 5.61. The van der Waals surface area contributed by atoms with Gasteiger partial charge in [0, 0.05) is 37.5 Å². The molecule has 0 radical (unpaired) electrons. The molecule has 0 bridgehead atoms. The summed E-state index contributed by atoms with van der Waals surface area (Å²) in [4.78, 5) is 2.42. The van der Waals surface area contributed by atoms with Crippen molar-refractivity contribution in [1.29, 1.82) is 0 Å². The van der Waals surface area contributed by atoms with Gasteiger partial charge in [0.25, 0.3) is 0 Å². The van der Waals surface area contributed by atoms with Gasteiger partial charge >= 0.3 is 0 Å². The Kier molecular flexibility index (Phi) is 3.29. The zero-order chi connectivity index (χ0) is 12.5. The fourth-order valence-corrected chi connectivity index (χ4v) is 2.56. The Bertz CT molecular complexity index is 372. The third-order valence-corrected chi connectivity index (χ3v) is 3.77. The van der Waals surface area contributed by atoms with Crippen LogP contribution >= 0.6 is 0 Å². The molecule has 1 fully saturated rings. The van der Waals surface area contributed by atoms with Crippen molar-refractivity contribution in [2.75, 3.05) is 37.4 Å². The van der Waals surface area contributed by atoms with Crippen molar-refractivity contribution in [1.82, 2.24) is 0 Å². The molecule has 0 amide bonds. The number of nitrogens with zero attached hydrogens (tertiary/aromatic N) is 1. The zero-order valence-corrected chi connectivity index (χ0v) is 10.9. The Balaban J connectivity index is 2.12. The minimum absolute atomic E-state index is 0.303. The molecule has 0 aliphatic carbocycles. The second kappa shape index (κ2) is 4.57. The van der Waals surface area contributed by atoms with Crippen LogP contribution in [0.1, 0.15) is 13.8 Å². The Labute approximate surface area is 104 Å². The Hall–Kier alpha value is -1.22. The molecule has 17 heavy (non-hydrogen) atoms. The van der Waals surface area contributed by atoms with Crippen molar-refractivity contribution in [2.45, 2.75) is 13.8 Å². The van der Waals surface area contributed by atoms with Crippen molar-refractivity contribution >= 4 is 11.4 Å². The molecule has 0 spiro atoms. The number of anilines is 2. The van der Waals surface area contributed by atoms with Gasteiger partial charge in [-0.1, -0.05) is 13.8 Å². The van der Waals surface area contributed by atoms with Gasteiger partial charge in [-0.2, -0.15) is 0 Å². The Morgan fingerprint density at radius 2 is 2.00 bits per heavy atom. The summed E-state index contributed by atoms with van der Waals surface area (Å²) in [5.41, 5.74) is 8.09. The first-order chi connectivity index (χ1) is 8.03. The summed E-state index contributed by atoms with van der Waals surface area (Å²) in [5, 5.41) is 0. The zero-order valence-electron chi connectivity index (χ0n) is 10.9. The van der Waals surface area contributed by atoms with E-state index in [1.54, 1.807) is 7.11 Å². The molecule has 1 aliphatic rings. The lowest BCUT2D eigenvalue weighted by Gasteiger charge is -2.24. The van der Waals surface area contributed by atoms with Crippen LogP contribution in [0.3, 0.4) is 0 Å². The largest absolute Gasteiger partial charge is 0.399 e. The summed E-state index contributed by atoms with van der Waals surface area (Å²) in [5.74, 6) is 0.588. The minimum atomic E-state index is 0.303. The maximum absolute atomic E-state index is 5.72. The van der Waals surface area contributed by atoms with Gasteiger partial charge in [-0.25, -0.2) is 0 Å². The van der Waals surface area contributed by atoms with Gasteiger partial charge < -0.3 is 15.4 Å². The average molecular weight is 234 g/mol. The van der Waals surface area contributed by atoms with Gasteiger partial charge in [-0.3, -0.25) is 0 Å². The van der Waals surface area contributed by atoms with Crippen LogP contribution in [0.5, 0.6) is 0 Å². The van der Waals surface area contributed by atoms with E-state index in [1.807, 2.05) is 12.1 Å². The summed E-state index contributed by atoms with van der Waals surface area (Å²) >= 11 is 0. The first-order valence-electron chi connectivity index (χ1n) is 6.12. The maximum atomic E-state index is 5.72. The summed E-state index contributed by atoms with van der Waals surface area (Å²) in [6.07, 6.45) is 0. The molecule has 3 heteroatoms. The molecule has 3 nitrogen and oxygen atoms in total. The molecule has 0 saturated carbocycles. The lowest BCUT2D eigenvalue weighted by atomic mass is 9.83. The quantitative estimate of drug-likeness (QED) is 0.816. The molecule has 2 N–H and O–H groups in total. The lowest BCUT2D eigenvalue weighted by molar-refractivity contribution is 0.112. The van der Waals surface area contributed by atoms with E-state index in [2.05, 4.69) is 30.9 Å². The van der Waals surface area contributed by atoms with Gasteiger partial charge in [0.15, 0.2) is 0 Å². The van der Waals surface area contributed by atoms with Crippen molar-refractivity contribution in [2.24, 2.45) is 11.3 Å². The Morgan fingerprint density at radius 1 is 1.35 bits per heavy atom. The van der Waals surface area contributed by atoms with Gasteiger partial charge in [0.1, 0.15) is 0 Å². The molecule has 0 unspecified atom stereocenters. The average Bonchev–Trinajstić information content (AvgIpc) is 2.56. The van der Waals surface area contributed by atoms with Crippen LogP contribution in [0.25, 0.3) is 0 Å². The highest BCUT2D eigenvalue weighted by atomic mass is 16.5. The topological polar surface area (TPSA) is 38.5 Å². The summed E-state index contributed by atoms with van der Waals surface area (Å²) in [7, 11) is 1.78. The third-order valence-electron chi connectivity index (χ3n) is 3.77. The summed E-state index contributed by atoms with van der Waals surface area (Å²) < 4.78 is 5.32. The van der Waals surface area contributed by atoms with Crippen LogP contribution in [0.4, 0.5) is 11.4 Å². The van der Waals surface area contributed by atoms with Crippen LogP contribution in [-0.2, 0) is 4.74 Å². The smallest absolute Gasteiger partial charge is 0.0513 e. The van der Waals surface area contributed by atoms with Crippen molar-refractivity contribution in [3.63, 3.8) is 0 Å². The van der Waals surface area contributed by atoms with Gasteiger partial charge in [0.2, 0.25) is 0 Å². The van der Waals surface area contributed by atoms with Crippen molar-refractivity contribution < 1.29 is 4.74 Å². The summed E-state index contributed by atoms with van der Waals surface area (Å²) in [6, 6.07) is 8.12. The molecule has 1 atom stereocenters. The molecule has 2 rings (SSSR count). The monoisotopic (exact) mass is 234 g/mol. The van der Waals surface area contributed by atoms with Gasteiger partial charge in [-0.05, 0) is 29.7 Å². The molecular formula is C14H22N2O. The molecule has 0 aromatic heterocycles. The number of rotatable bonds is 3. The van der Waals surface area contributed by atoms with E-state index in [-0.39, 0.29) is 0 Å². The van der Waals surface area contributed by atoms with Gasteiger partial charge in [-0.15, -0.1) is 0 Å². The van der Waals surface area contributed by atoms with E-state index in [0.29, 0.717) is 11.3 Å². The minimum Gasteiger partial charge on any atom is -0.399 e. The molecule has 1 aliphatic heterocycles. The molecule has 94 valence electrons. The van der Waals surface area contributed by atoms with E-state index < -0.39 is 0 Å². The van der Waals surface area contributed by atoms with E-state index in [9.17, 15) is 0 Å². The number of benzene rings is 1. The number of nitrogen functional groups attached to an aromatic ring is 1. The van der Waals surface area contributed by atoms with Crippen molar-refractivity contribution in [3.8, 4) is 0 Å². The van der Waals surface area contributed by atoms with Crippen LogP contribution in [-0.4, -0.2) is 26.8 Å².